The molecule has 3 rings (SSSR count). The van der Waals surface area contributed by atoms with Crippen LogP contribution in [0.2, 0.25) is 0 Å². The molecule has 1 aliphatic heterocycles. The van der Waals surface area contributed by atoms with E-state index in [4.69, 9.17) is 4.74 Å². The van der Waals surface area contributed by atoms with Crippen molar-refractivity contribution in [2.75, 3.05) is 6.54 Å². The highest BCUT2D eigenvalue weighted by Gasteiger charge is 2.29. The van der Waals surface area contributed by atoms with Crippen molar-refractivity contribution in [3.8, 4) is 5.75 Å². The third-order valence-electron chi connectivity index (χ3n) is 4.01. The summed E-state index contributed by atoms with van der Waals surface area (Å²) in [5.74, 6) is 0.117. The van der Waals surface area contributed by atoms with Gasteiger partial charge in [0.15, 0.2) is 0 Å². The zero-order valence-corrected chi connectivity index (χ0v) is 15.2. The molecule has 25 heavy (non-hydrogen) atoms. The van der Waals surface area contributed by atoms with Gasteiger partial charge in [0.2, 0.25) is 12.0 Å². The van der Waals surface area contributed by atoms with Gasteiger partial charge in [0, 0.05) is 16.6 Å². The number of halogens is 1. The molecule has 5 nitrogen and oxygen atoms in total. The highest BCUT2D eigenvalue weighted by atomic mass is 79.9. The Bertz CT molecular complexity index is 734. The summed E-state index contributed by atoms with van der Waals surface area (Å²) in [6.07, 6.45) is 0.662. The minimum Gasteiger partial charge on any atom is -0.476 e. The van der Waals surface area contributed by atoms with E-state index >= 15 is 0 Å². The van der Waals surface area contributed by atoms with Crippen LogP contribution >= 0.6 is 15.9 Å². The molecule has 1 heterocycles. The van der Waals surface area contributed by atoms with Gasteiger partial charge in [0.05, 0.1) is 0 Å². The number of carbonyl (C=O) groups excluding carboxylic acids is 2. The number of hydrogen-bond acceptors (Lipinski definition) is 3. The maximum Gasteiger partial charge on any atom is 0.266 e. The molecule has 2 aromatic carbocycles. The van der Waals surface area contributed by atoms with Gasteiger partial charge >= 0.3 is 0 Å². The van der Waals surface area contributed by atoms with Crippen LogP contribution < -0.4 is 15.4 Å². The van der Waals surface area contributed by atoms with Gasteiger partial charge in [-0.1, -0.05) is 46.3 Å². The predicted octanol–water partition coefficient (Wildman–Crippen LogP) is 2.96. The summed E-state index contributed by atoms with van der Waals surface area (Å²) in [7, 11) is 0. The van der Waals surface area contributed by atoms with Gasteiger partial charge in [0.1, 0.15) is 11.8 Å². The van der Waals surface area contributed by atoms with Crippen molar-refractivity contribution < 1.29 is 14.3 Å². The average Bonchev–Trinajstić information content (AvgIpc) is 2.64. The Labute approximate surface area is 154 Å². The zero-order valence-electron chi connectivity index (χ0n) is 13.6. The predicted molar refractivity (Wildman–Crippen MR) is 98.1 cm³/mol. The van der Waals surface area contributed by atoms with Gasteiger partial charge in [-0.15, -0.1) is 0 Å². The second-order valence-corrected chi connectivity index (χ2v) is 6.77. The van der Waals surface area contributed by atoms with Crippen molar-refractivity contribution in [1.82, 2.24) is 10.6 Å². The fourth-order valence-corrected chi connectivity index (χ4v) is 2.97. The highest BCUT2D eigenvalue weighted by Crippen LogP contribution is 2.24. The van der Waals surface area contributed by atoms with Crippen molar-refractivity contribution in [1.29, 1.82) is 0 Å². The lowest BCUT2D eigenvalue weighted by atomic mass is 10.0. The number of carbonyl (C=O) groups is 2. The fraction of sp³-hybridized carbons (Fsp3) is 0.263. The lowest BCUT2D eigenvalue weighted by Crippen LogP contribution is -2.51. The quantitative estimate of drug-likeness (QED) is 0.807. The second kappa shape index (κ2) is 8.16. The zero-order chi connectivity index (χ0) is 17.6. The minimum absolute atomic E-state index is 0.143. The van der Waals surface area contributed by atoms with E-state index in [0.717, 1.165) is 16.5 Å². The Morgan fingerprint density at radius 3 is 2.56 bits per heavy atom. The number of hydrogen-bond donors (Lipinski definition) is 2. The number of piperidine rings is 1. The largest absolute Gasteiger partial charge is 0.476 e. The number of amides is 2. The summed E-state index contributed by atoms with van der Waals surface area (Å²) in [6, 6.07) is 16.0. The number of rotatable bonds is 5. The topological polar surface area (TPSA) is 67.4 Å². The monoisotopic (exact) mass is 402 g/mol. The molecular weight excluding hydrogens is 384 g/mol. The number of ether oxygens (including phenoxy) is 1. The first-order chi connectivity index (χ1) is 12.1. The van der Waals surface area contributed by atoms with Crippen molar-refractivity contribution in [2.45, 2.75) is 25.0 Å². The van der Waals surface area contributed by atoms with Crippen LogP contribution in [-0.2, 0) is 9.59 Å². The van der Waals surface area contributed by atoms with Crippen molar-refractivity contribution in [3.63, 3.8) is 0 Å². The molecule has 130 valence electrons. The van der Waals surface area contributed by atoms with Crippen LogP contribution in [0.4, 0.5) is 0 Å². The highest BCUT2D eigenvalue weighted by molar-refractivity contribution is 9.10. The van der Waals surface area contributed by atoms with Crippen LogP contribution in [0.5, 0.6) is 5.75 Å². The van der Waals surface area contributed by atoms with Gasteiger partial charge in [0.25, 0.3) is 5.91 Å². The van der Waals surface area contributed by atoms with E-state index in [1.165, 1.54) is 0 Å². The van der Waals surface area contributed by atoms with E-state index in [2.05, 4.69) is 26.6 Å². The number of nitrogens with one attached hydrogen (secondary N) is 2. The van der Waals surface area contributed by atoms with E-state index in [1.54, 1.807) is 12.1 Å². The molecule has 0 aliphatic carbocycles. The summed E-state index contributed by atoms with van der Waals surface area (Å²) in [5.41, 5.74) is 0.735. The Hall–Kier alpha value is -2.34. The third-order valence-corrected chi connectivity index (χ3v) is 4.54. The standard InChI is InChI=1S/C19H19BrN2O3/c20-14-8-10-15(11-9-14)25-17(13-5-2-1-3-6-13)19(24)22-16-7-4-12-21-18(16)23/h1-3,5-6,8-11,16-17H,4,7,12H2,(H,21,23)(H,22,24)/t16-,17-/m0/s1. The molecule has 1 fully saturated rings. The molecule has 1 saturated heterocycles. The Morgan fingerprint density at radius 1 is 1.16 bits per heavy atom. The first kappa shape index (κ1) is 17.5. The maximum absolute atomic E-state index is 12.8. The van der Waals surface area contributed by atoms with E-state index in [1.807, 2.05) is 42.5 Å². The molecule has 2 N–H and O–H groups in total. The summed E-state index contributed by atoms with van der Waals surface area (Å²) in [5, 5.41) is 5.59. The molecule has 6 heteroatoms. The average molecular weight is 403 g/mol. The first-order valence-corrected chi connectivity index (χ1v) is 8.98. The molecule has 2 aromatic rings. The number of benzene rings is 2. The van der Waals surface area contributed by atoms with E-state index in [9.17, 15) is 9.59 Å². The molecule has 2 atom stereocenters. The molecule has 0 unspecified atom stereocenters. The van der Waals surface area contributed by atoms with Gasteiger partial charge in [-0.2, -0.15) is 0 Å². The Balaban J connectivity index is 1.79. The van der Waals surface area contributed by atoms with E-state index in [-0.39, 0.29) is 11.8 Å². The molecule has 0 aromatic heterocycles. The van der Waals surface area contributed by atoms with Gasteiger partial charge in [-0.05, 0) is 37.1 Å². The molecule has 0 spiro atoms. The Kier molecular flexibility index (Phi) is 5.71. The molecule has 0 radical (unpaired) electrons. The van der Waals surface area contributed by atoms with Crippen LogP contribution in [0.3, 0.4) is 0 Å². The van der Waals surface area contributed by atoms with Crippen molar-refractivity contribution in [3.05, 3.63) is 64.6 Å². The Morgan fingerprint density at radius 2 is 1.88 bits per heavy atom. The van der Waals surface area contributed by atoms with Crippen LogP contribution in [0.25, 0.3) is 0 Å². The van der Waals surface area contributed by atoms with E-state index in [0.29, 0.717) is 18.7 Å². The van der Waals surface area contributed by atoms with Crippen LogP contribution in [0.1, 0.15) is 24.5 Å². The maximum atomic E-state index is 12.8. The minimum atomic E-state index is -0.822. The van der Waals surface area contributed by atoms with Crippen molar-refractivity contribution in [2.24, 2.45) is 0 Å². The normalized spacial score (nSPS) is 18.1. The summed E-state index contributed by atoms with van der Waals surface area (Å²) in [4.78, 5) is 24.7. The SMILES string of the molecule is O=C1NCCC[C@@H]1NC(=O)[C@@H](Oc1ccc(Br)cc1)c1ccccc1. The van der Waals surface area contributed by atoms with E-state index < -0.39 is 12.1 Å². The molecule has 0 bridgehead atoms. The first-order valence-electron chi connectivity index (χ1n) is 8.19. The fourth-order valence-electron chi connectivity index (χ4n) is 2.71. The smallest absolute Gasteiger partial charge is 0.266 e. The van der Waals surface area contributed by atoms with Crippen molar-refractivity contribution >= 4 is 27.7 Å². The second-order valence-electron chi connectivity index (χ2n) is 5.86. The molecule has 1 aliphatic rings. The summed E-state index contributed by atoms with van der Waals surface area (Å²) >= 11 is 3.38. The van der Waals surface area contributed by atoms with Gasteiger partial charge < -0.3 is 15.4 Å². The van der Waals surface area contributed by atoms with Gasteiger partial charge in [-0.3, -0.25) is 9.59 Å². The third kappa shape index (κ3) is 4.60. The molecule has 0 saturated carbocycles. The molecule has 2 amide bonds. The van der Waals surface area contributed by atoms with Crippen LogP contribution in [-0.4, -0.2) is 24.4 Å². The lowest BCUT2D eigenvalue weighted by molar-refractivity contribution is -0.134. The molecular formula is C19H19BrN2O3. The summed E-state index contributed by atoms with van der Waals surface area (Å²) < 4.78 is 6.86. The summed E-state index contributed by atoms with van der Waals surface area (Å²) in [6.45, 7) is 0.655. The van der Waals surface area contributed by atoms with Gasteiger partial charge in [-0.25, -0.2) is 0 Å². The van der Waals surface area contributed by atoms with Crippen LogP contribution in [0.15, 0.2) is 59.1 Å². The van der Waals surface area contributed by atoms with Crippen LogP contribution in [0, 0.1) is 0 Å². The lowest BCUT2D eigenvalue weighted by Gasteiger charge is -2.26.